The van der Waals surface area contributed by atoms with Gasteiger partial charge in [-0.05, 0) is 28.8 Å². The van der Waals surface area contributed by atoms with E-state index < -0.39 is 0 Å². The van der Waals surface area contributed by atoms with Gasteiger partial charge in [0.25, 0.3) is 0 Å². The molecule has 0 radical (unpaired) electrons. The van der Waals surface area contributed by atoms with Crippen LogP contribution in [-0.2, 0) is 19.5 Å². The molecule has 15 heavy (non-hydrogen) atoms. The molecule has 0 saturated heterocycles. The van der Waals surface area contributed by atoms with Crippen molar-refractivity contribution < 1.29 is 0 Å². The number of rotatable bonds is 5. The van der Waals surface area contributed by atoms with Gasteiger partial charge in [-0.15, -0.1) is 11.3 Å². The topological polar surface area (TPSA) is 24.9 Å². The van der Waals surface area contributed by atoms with E-state index in [1.54, 1.807) is 22.7 Å². The van der Waals surface area contributed by atoms with Crippen LogP contribution in [0.4, 0.5) is 0 Å². The fourth-order valence-electron chi connectivity index (χ4n) is 1.32. The van der Waals surface area contributed by atoms with Crippen LogP contribution < -0.4 is 5.32 Å². The molecule has 0 spiro atoms. The molecule has 80 valence electrons. The van der Waals surface area contributed by atoms with E-state index in [1.165, 1.54) is 15.4 Å². The average molecular weight is 238 g/mol. The predicted molar refractivity (Wildman–Crippen MR) is 66.4 cm³/mol. The summed E-state index contributed by atoms with van der Waals surface area (Å²) in [5.41, 5.74) is 1.36. The van der Waals surface area contributed by atoms with Crippen molar-refractivity contribution in [2.24, 2.45) is 0 Å². The molecule has 2 aromatic rings. The Balaban J connectivity index is 1.78. The maximum Gasteiger partial charge on any atom is 0.0925 e. The van der Waals surface area contributed by atoms with Crippen molar-refractivity contribution in [2.45, 2.75) is 26.4 Å². The Morgan fingerprint density at radius 3 is 3.00 bits per heavy atom. The molecular formula is C11H14N2S2. The Morgan fingerprint density at radius 2 is 2.33 bits per heavy atom. The Labute approximate surface area is 98.0 Å². The molecule has 2 rings (SSSR count). The van der Waals surface area contributed by atoms with Crippen LogP contribution in [0, 0.1) is 0 Å². The number of aryl methyl sites for hydroxylation is 1. The van der Waals surface area contributed by atoms with E-state index in [1.807, 2.05) is 6.20 Å². The molecule has 0 aromatic carbocycles. The molecular weight excluding hydrogens is 224 g/mol. The van der Waals surface area contributed by atoms with Gasteiger partial charge in [-0.3, -0.25) is 0 Å². The summed E-state index contributed by atoms with van der Waals surface area (Å²) in [6.45, 7) is 4.01. The summed E-state index contributed by atoms with van der Waals surface area (Å²) in [6.07, 6.45) is 3.01. The molecule has 2 nitrogen and oxygen atoms in total. The van der Waals surface area contributed by atoms with Gasteiger partial charge in [-0.1, -0.05) is 6.92 Å². The number of hydrogen-bond donors (Lipinski definition) is 1. The Morgan fingerprint density at radius 1 is 1.40 bits per heavy atom. The minimum Gasteiger partial charge on any atom is -0.308 e. The van der Waals surface area contributed by atoms with Crippen molar-refractivity contribution in [3.63, 3.8) is 0 Å². The quantitative estimate of drug-likeness (QED) is 0.866. The van der Waals surface area contributed by atoms with E-state index in [0.29, 0.717) is 0 Å². The zero-order valence-corrected chi connectivity index (χ0v) is 10.3. The van der Waals surface area contributed by atoms with Gasteiger partial charge in [0.05, 0.1) is 5.01 Å². The number of nitrogens with zero attached hydrogens (tertiary/aromatic N) is 1. The summed E-state index contributed by atoms with van der Waals surface area (Å²) in [7, 11) is 0. The van der Waals surface area contributed by atoms with Crippen LogP contribution in [0.2, 0.25) is 0 Å². The van der Waals surface area contributed by atoms with Gasteiger partial charge in [0.1, 0.15) is 0 Å². The van der Waals surface area contributed by atoms with Crippen molar-refractivity contribution in [1.82, 2.24) is 10.3 Å². The summed E-state index contributed by atoms with van der Waals surface area (Å²) < 4.78 is 0. The van der Waals surface area contributed by atoms with Crippen LogP contribution in [0.25, 0.3) is 0 Å². The molecule has 2 heterocycles. The summed E-state index contributed by atoms with van der Waals surface area (Å²) in [5, 5.41) is 8.93. The molecule has 0 saturated carbocycles. The number of aromatic nitrogens is 1. The second-order valence-electron chi connectivity index (χ2n) is 3.31. The Hall–Kier alpha value is -0.710. The smallest absolute Gasteiger partial charge is 0.0925 e. The number of hydrogen-bond acceptors (Lipinski definition) is 4. The molecule has 2 aromatic heterocycles. The highest BCUT2D eigenvalue weighted by atomic mass is 32.1. The molecule has 0 atom stereocenters. The summed E-state index contributed by atoms with van der Waals surface area (Å²) in [5.74, 6) is 0. The van der Waals surface area contributed by atoms with Gasteiger partial charge >= 0.3 is 0 Å². The molecule has 0 aliphatic heterocycles. The SMILES string of the molecule is CCc1ncc(CNCc2ccsc2)s1. The fourth-order valence-corrected chi connectivity index (χ4v) is 2.82. The third-order valence-electron chi connectivity index (χ3n) is 2.11. The molecule has 1 N–H and O–H groups in total. The minimum atomic E-state index is 0.924. The zero-order chi connectivity index (χ0) is 10.5. The third-order valence-corrected chi connectivity index (χ3v) is 3.99. The summed E-state index contributed by atoms with van der Waals surface area (Å²) in [6, 6.07) is 2.15. The van der Waals surface area contributed by atoms with Crippen LogP contribution in [0.3, 0.4) is 0 Å². The summed E-state index contributed by atoms with van der Waals surface area (Å²) >= 11 is 3.54. The van der Waals surface area contributed by atoms with Crippen LogP contribution in [0.15, 0.2) is 23.0 Å². The number of thiophene rings is 1. The maximum atomic E-state index is 4.33. The van der Waals surface area contributed by atoms with Gasteiger partial charge in [-0.2, -0.15) is 11.3 Å². The number of thiazole rings is 1. The van der Waals surface area contributed by atoms with Crippen molar-refractivity contribution in [3.8, 4) is 0 Å². The first-order valence-electron chi connectivity index (χ1n) is 5.04. The van der Waals surface area contributed by atoms with Crippen molar-refractivity contribution in [2.75, 3.05) is 0 Å². The van der Waals surface area contributed by atoms with Crippen molar-refractivity contribution in [1.29, 1.82) is 0 Å². The lowest BCUT2D eigenvalue weighted by molar-refractivity contribution is 0.701. The van der Waals surface area contributed by atoms with Crippen LogP contribution in [0.5, 0.6) is 0 Å². The van der Waals surface area contributed by atoms with Crippen molar-refractivity contribution in [3.05, 3.63) is 38.5 Å². The Bertz CT molecular complexity index is 392. The van der Waals surface area contributed by atoms with E-state index in [2.05, 4.69) is 34.1 Å². The molecule has 0 aliphatic carbocycles. The lowest BCUT2D eigenvalue weighted by atomic mass is 10.3. The second-order valence-corrected chi connectivity index (χ2v) is 5.29. The zero-order valence-electron chi connectivity index (χ0n) is 8.69. The lowest BCUT2D eigenvalue weighted by Gasteiger charge is -1.99. The van der Waals surface area contributed by atoms with Gasteiger partial charge < -0.3 is 5.32 Å². The van der Waals surface area contributed by atoms with Gasteiger partial charge in [0, 0.05) is 24.2 Å². The van der Waals surface area contributed by atoms with Crippen LogP contribution in [-0.4, -0.2) is 4.98 Å². The molecule has 0 aliphatic rings. The Kier molecular flexibility index (Phi) is 3.88. The average Bonchev–Trinajstić information content (AvgIpc) is 2.88. The first kappa shape index (κ1) is 10.8. The largest absolute Gasteiger partial charge is 0.308 e. The normalized spacial score (nSPS) is 10.7. The second kappa shape index (κ2) is 5.39. The first-order chi connectivity index (χ1) is 7.38. The van der Waals surface area contributed by atoms with Crippen LogP contribution >= 0.6 is 22.7 Å². The monoisotopic (exact) mass is 238 g/mol. The fraction of sp³-hybridized carbons (Fsp3) is 0.364. The maximum absolute atomic E-state index is 4.33. The standard InChI is InChI=1S/C11H14N2S2/c1-2-11-13-7-10(15-11)6-12-5-9-3-4-14-8-9/h3-4,7-8,12H,2,5-6H2,1H3. The molecule has 0 amide bonds. The van der Waals surface area contributed by atoms with Gasteiger partial charge in [0.15, 0.2) is 0 Å². The highest BCUT2D eigenvalue weighted by molar-refractivity contribution is 7.11. The van der Waals surface area contributed by atoms with Crippen LogP contribution in [0.1, 0.15) is 22.4 Å². The van der Waals surface area contributed by atoms with E-state index in [0.717, 1.165) is 19.5 Å². The first-order valence-corrected chi connectivity index (χ1v) is 6.79. The van der Waals surface area contributed by atoms with E-state index >= 15 is 0 Å². The number of nitrogens with one attached hydrogen (secondary N) is 1. The summed E-state index contributed by atoms with van der Waals surface area (Å²) in [4.78, 5) is 5.65. The third kappa shape index (κ3) is 3.12. The van der Waals surface area contributed by atoms with E-state index in [9.17, 15) is 0 Å². The predicted octanol–water partition coefficient (Wildman–Crippen LogP) is 3.06. The molecule has 4 heteroatoms. The van der Waals surface area contributed by atoms with Gasteiger partial charge in [-0.25, -0.2) is 4.98 Å². The molecule has 0 unspecified atom stereocenters. The van der Waals surface area contributed by atoms with Crippen molar-refractivity contribution >= 4 is 22.7 Å². The minimum absolute atomic E-state index is 0.924. The molecule has 0 bridgehead atoms. The highest BCUT2D eigenvalue weighted by Crippen LogP contribution is 2.13. The highest BCUT2D eigenvalue weighted by Gasteiger charge is 1.99. The van der Waals surface area contributed by atoms with E-state index in [4.69, 9.17) is 0 Å². The lowest BCUT2D eigenvalue weighted by Crippen LogP contribution is -2.10. The van der Waals surface area contributed by atoms with E-state index in [-0.39, 0.29) is 0 Å². The van der Waals surface area contributed by atoms with Gasteiger partial charge in [0.2, 0.25) is 0 Å². The molecule has 0 fully saturated rings.